The largest absolute Gasteiger partial charge is 0.487 e. The van der Waals surface area contributed by atoms with Gasteiger partial charge in [-0.15, -0.1) is 0 Å². The van der Waals surface area contributed by atoms with E-state index in [0.717, 1.165) is 33.9 Å². The van der Waals surface area contributed by atoms with Gasteiger partial charge < -0.3 is 9.15 Å². The molecule has 0 unspecified atom stereocenters. The minimum Gasteiger partial charge on any atom is -0.487 e. The molecule has 32 heavy (non-hydrogen) atoms. The van der Waals surface area contributed by atoms with Gasteiger partial charge in [0.1, 0.15) is 17.9 Å². The second-order valence-electron chi connectivity index (χ2n) is 6.72. The number of amides is 1. The maximum atomic E-state index is 12.4. The van der Waals surface area contributed by atoms with Gasteiger partial charge in [-0.1, -0.05) is 28.1 Å². The van der Waals surface area contributed by atoms with Crippen LogP contribution in [0.3, 0.4) is 0 Å². The van der Waals surface area contributed by atoms with Gasteiger partial charge in [-0.05, 0) is 127 Å². The van der Waals surface area contributed by atoms with E-state index in [4.69, 9.17) is 9.15 Å². The molecule has 0 saturated carbocycles. The molecule has 0 spiro atoms. The fourth-order valence-electron chi connectivity index (χ4n) is 2.87. The third kappa shape index (κ3) is 6.03. The van der Waals surface area contributed by atoms with Crippen LogP contribution in [-0.2, 0) is 6.61 Å². The number of benzene rings is 3. The molecule has 1 heterocycles. The minimum atomic E-state index is -0.407. The third-order valence-corrected chi connectivity index (χ3v) is 7.21. The lowest BCUT2D eigenvalue weighted by atomic mass is 10.2. The standard InChI is InChI=1S/C23H14BrI3N2O3/c24-16-3-6-20-15(9-16)10-21(32-20)23(30)29-28-11-14-7-18(26)22(19(27)8-14)31-12-13-1-4-17(25)5-2-13/h1-11H,12H2,(H,29,30)/b28-11+. The average molecular weight is 827 g/mol. The highest BCUT2D eigenvalue weighted by Crippen LogP contribution is 2.29. The van der Waals surface area contributed by atoms with Crippen LogP contribution in [0.5, 0.6) is 5.75 Å². The molecule has 0 bridgehead atoms. The Kier molecular flexibility index (Phi) is 8.10. The molecule has 9 heteroatoms. The van der Waals surface area contributed by atoms with Crippen molar-refractivity contribution < 1.29 is 13.9 Å². The average Bonchev–Trinajstić information content (AvgIpc) is 3.18. The molecular weight excluding hydrogens is 813 g/mol. The van der Waals surface area contributed by atoms with Crippen molar-refractivity contribution in [1.82, 2.24) is 5.43 Å². The van der Waals surface area contributed by atoms with Crippen LogP contribution in [0.1, 0.15) is 21.7 Å². The van der Waals surface area contributed by atoms with Crippen LogP contribution in [0.25, 0.3) is 11.0 Å². The molecule has 5 nitrogen and oxygen atoms in total. The van der Waals surface area contributed by atoms with Gasteiger partial charge in [0.15, 0.2) is 5.76 Å². The second-order valence-corrected chi connectivity index (χ2v) is 11.2. The predicted molar refractivity (Wildman–Crippen MR) is 154 cm³/mol. The Morgan fingerprint density at radius 2 is 1.75 bits per heavy atom. The smallest absolute Gasteiger partial charge is 0.307 e. The molecule has 0 aliphatic heterocycles. The first-order valence-corrected chi connectivity index (χ1v) is 13.3. The highest BCUT2D eigenvalue weighted by atomic mass is 127. The van der Waals surface area contributed by atoms with Gasteiger partial charge in [0, 0.05) is 13.4 Å². The molecule has 4 aromatic rings. The first-order valence-electron chi connectivity index (χ1n) is 9.28. The van der Waals surface area contributed by atoms with Crippen LogP contribution in [-0.4, -0.2) is 12.1 Å². The number of carbonyl (C=O) groups excluding carboxylic acids is 1. The monoisotopic (exact) mass is 826 g/mol. The molecule has 1 amide bonds. The number of halogens is 4. The summed E-state index contributed by atoms with van der Waals surface area (Å²) in [7, 11) is 0. The lowest BCUT2D eigenvalue weighted by Crippen LogP contribution is -2.16. The van der Waals surface area contributed by atoms with Crippen molar-refractivity contribution >= 4 is 107 Å². The van der Waals surface area contributed by atoms with Gasteiger partial charge >= 0.3 is 5.91 Å². The number of hydrogen-bond acceptors (Lipinski definition) is 4. The molecule has 0 saturated heterocycles. The van der Waals surface area contributed by atoms with E-state index in [-0.39, 0.29) is 5.76 Å². The normalized spacial score (nSPS) is 11.2. The van der Waals surface area contributed by atoms with Crippen LogP contribution >= 0.6 is 83.7 Å². The Bertz CT molecular complexity index is 1300. The molecule has 0 radical (unpaired) electrons. The molecular formula is C23H14BrI3N2O3. The van der Waals surface area contributed by atoms with Crippen molar-refractivity contribution in [2.75, 3.05) is 0 Å². The van der Waals surface area contributed by atoms with Gasteiger partial charge in [0.2, 0.25) is 0 Å². The van der Waals surface area contributed by atoms with Crippen LogP contribution < -0.4 is 10.2 Å². The molecule has 1 aromatic heterocycles. The number of nitrogens with one attached hydrogen (secondary N) is 1. The fraction of sp³-hybridized carbons (Fsp3) is 0.0435. The topological polar surface area (TPSA) is 63.8 Å². The number of carbonyl (C=O) groups is 1. The number of nitrogens with zero attached hydrogens (tertiary/aromatic N) is 1. The van der Waals surface area contributed by atoms with E-state index in [9.17, 15) is 4.79 Å². The molecule has 1 N–H and O–H groups in total. The van der Waals surface area contributed by atoms with Crippen molar-refractivity contribution in [3.8, 4) is 5.75 Å². The Hall–Kier alpha value is -1.19. The van der Waals surface area contributed by atoms with Crippen molar-refractivity contribution in [3.63, 3.8) is 0 Å². The Labute approximate surface area is 233 Å². The number of furan rings is 1. The summed E-state index contributed by atoms with van der Waals surface area (Å²) in [5, 5.41) is 4.92. The van der Waals surface area contributed by atoms with E-state index in [2.05, 4.69) is 118 Å². The Balaban J connectivity index is 1.41. The summed E-state index contributed by atoms with van der Waals surface area (Å²) in [6, 6.07) is 19.4. The van der Waals surface area contributed by atoms with Gasteiger partial charge in [-0.2, -0.15) is 5.10 Å². The van der Waals surface area contributed by atoms with Crippen molar-refractivity contribution in [3.05, 3.63) is 92.7 Å². The van der Waals surface area contributed by atoms with Crippen LogP contribution in [0.2, 0.25) is 0 Å². The number of fused-ring (bicyclic) bond motifs is 1. The molecule has 162 valence electrons. The van der Waals surface area contributed by atoms with Crippen molar-refractivity contribution in [2.24, 2.45) is 5.10 Å². The summed E-state index contributed by atoms with van der Waals surface area (Å²) in [6.45, 7) is 0.500. The molecule has 0 aliphatic carbocycles. The lowest BCUT2D eigenvalue weighted by Gasteiger charge is -2.11. The van der Waals surface area contributed by atoms with E-state index in [1.807, 2.05) is 30.3 Å². The first-order chi connectivity index (χ1) is 15.4. The van der Waals surface area contributed by atoms with Gasteiger partial charge in [0.25, 0.3) is 0 Å². The summed E-state index contributed by atoms with van der Waals surface area (Å²) < 4.78 is 15.7. The maximum Gasteiger partial charge on any atom is 0.307 e. The number of hydrogen-bond donors (Lipinski definition) is 1. The summed E-state index contributed by atoms with van der Waals surface area (Å²) in [5.41, 5.74) is 5.13. The minimum absolute atomic E-state index is 0.207. The van der Waals surface area contributed by atoms with Crippen LogP contribution in [0.4, 0.5) is 0 Å². The summed E-state index contributed by atoms with van der Waals surface area (Å²) in [6.07, 6.45) is 1.60. The highest BCUT2D eigenvalue weighted by molar-refractivity contribution is 14.1. The lowest BCUT2D eigenvalue weighted by molar-refractivity contribution is 0.0929. The fourth-order valence-corrected chi connectivity index (χ4v) is 5.74. The zero-order valence-electron chi connectivity index (χ0n) is 16.2. The van der Waals surface area contributed by atoms with Crippen LogP contribution in [0.15, 0.2) is 74.7 Å². The molecule has 4 rings (SSSR count). The van der Waals surface area contributed by atoms with Crippen molar-refractivity contribution in [2.45, 2.75) is 6.61 Å². The molecule has 0 atom stereocenters. The summed E-state index contributed by atoms with van der Waals surface area (Å²) in [4.78, 5) is 12.4. The van der Waals surface area contributed by atoms with E-state index in [1.54, 1.807) is 12.3 Å². The first kappa shape index (κ1) is 24.0. The van der Waals surface area contributed by atoms with E-state index in [0.29, 0.717) is 12.2 Å². The Morgan fingerprint density at radius 3 is 2.47 bits per heavy atom. The molecule has 3 aromatic carbocycles. The highest BCUT2D eigenvalue weighted by Gasteiger charge is 2.12. The van der Waals surface area contributed by atoms with E-state index >= 15 is 0 Å². The van der Waals surface area contributed by atoms with E-state index < -0.39 is 5.91 Å². The third-order valence-electron chi connectivity index (χ3n) is 4.40. The van der Waals surface area contributed by atoms with Gasteiger partial charge in [-0.3, -0.25) is 4.79 Å². The van der Waals surface area contributed by atoms with Gasteiger partial charge in [0.05, 0.1) is 13.4 Å². The van der Waals surface area contributed by atoms with E-state index in [1.165, 1.54) is 3.57 Å². The second kappa shape index (κ2) is 10.8. The van der Waals surface area contributed by atoms with Crippen molar-refractivity contribution in [1.29, 1.82) is 0 Å². The summed E-state index contributed by atoms with van der Waals surface area (Å²) >= 11 is 10.2. The zero-order chi connectivity index (χ0) is 22.7. The Morgan fingerprint density at radius 1 is 1.03 bits per heavy atom. The van der Waals surface area contributed by atoms with Crippen LogP contribution in [0, 0.1) is 10.7 Å². The zero-order valence-corrected chi connectivity index (χ0v) is 24.3. The summed E-state index contributed by atoms with van der Waals surface area (Å²) in [5.74, 6) is 0.633. The predicted octanol–water partition coefficient (Wildman–Crippen LogP) is 7.35. The number of rotatable bonds is 6. The molecule has 0 aliphatic rings. The number of ether oxygens (including phenoxy) is 1. The quantitative estimate of drug-likeness (QED) is 0.126. The molecule has 0 fully saturated rings. The SMILES string of the molecule is O=C(N/N=C/c1cc(I)c(OCc2ccc(I)cc2)c(I)c1)c1cc2cc(Br)ccc2o1. The maximum absolute atomic E-state index is 12.4. The number of hydrazone groups is 1. The van der Waals surface area contributed by atoms with Gasteiger partial charge in [-0.25, -0.2) is 5.43 Å².